The monoisotopic (exact) mass is 415 g/mol. The smallest absolute Gasteiger partial charge is 0.350 e. The molecule has 0 aliphatic carbocycles. The highest BCUT2D eigenvalue weighted by atomic mass is 32.1. The van der Waals surface area contributed by atoms with Crippen LogP contribution < -0.4 is 10.8 Å². The van der Waals surface area contributed by atoms with Crippen LogP contribution in [0.1, 0.15) is 47.5 Å². The molecule has 0 unspecified atom stereocenters. The van der Waals surface area contributed by atoms with E-state index in [9.17, 15) is 22.8 Å². The molecule has 0 saturated heterocycles. The van der Waals surface area contributed by atoms with Crippen molar-refractivity contribution < 1.29 is 28.0 Å². The lowest BCUT2D eigenvalue weighted by Crippen LogP contribution is -2.24. The van der Waals surface area contributed by atoms with Gasteiger partial charge in [0.25, 0.3) is 5.91 Å². The SMILES string of the molecule is O=C(CCCCCCNC(=O)c1ncc(-c2cccc(C(F)(F)F)c2)s1)NO. The van der Waals surface area contributed by atoms with E-state index < -0.39 is 17.6 Å². The number of carbonyl (C=O) groups is 2. The lowest BCUT2D eigenvalue weighted by atomic mass is 10.1. The van der Waals surface area contributed by atoms with Crippen LogP contribution in [0.2, 0.25) is 0 Å². The van der Waals surface area contributed by atoms with Gasteiger partial charge in [-0.2, -0.15) is 13.2 Å². The lowest BCUT2D eigenvalue weighted by Gasteiger charge is -2.07. The molecule has 1 aromatic carbocycles. The predicted octanol–water partition coefficient (Wildman–Crippen LogP) is 4.01. The Balaban J connectivity index is 1.80. The minimum Gasteiger partial charge on any atom is -0.350 e. The number of unbranched alkanes of at least 4 members (excludes halogenated alkanes) is 3. The Hall–Kier alpha value is -2.46. The third-order valence-electron chi connectivity index (χ3n) is 3.92. The van der Waals surface area contributed by atoms with Crippen LogP contribution >= 0.6 is 11.3 Å². The van der Waals surface area contributed by atoms with Crippen molar-refractivity contribution >= 4 is 23.2 Å². The first kappa shape index (κ1) is 21.8. The maximum absolute atomic E-state index is 12.8. The van der Waals surface area contributed by atoms with Crippen molar-refractivity contribution in [3.63, 3.8) is 0 Å². The molecular formula is C18H20F3N3O3S. The second kappa shape index (κ2) is 10.2. The molecule has 2 aromatic rings. The van der Waals surface area contributed by atoms with Gasteiger partial charge in [-0.15, -0.1) is 11.3 Å². The fourth-order valence-electron chi connectivity index (χ4n) is 2.46. The minimum atomic E-state index is -4.43. The minimum absolute atomic E-state index is 0.187. The zero-order valence-corrected chi connectivity index (χ0v) is 15.7. The number of halogens is 3. The third kappa shape index (κ3) is 6.61. The number of nitrogens with zero attached hydrogens (tertiary/aromatic N) is 1. The molecular weight excluding hydrogens is 395 g/mol. The maximum Gasteiger partial charge on any atom is 0.416 e. The average Bonchev–Trinajstić information content (AvgIpc) is 3.16. The number of nitrogens with one attached hydrogen (secondary N) is 2. The highest BCUT2D eigenvalue weighted by molar-refractivity contribution is 7.16. The van der Waals surface area contributed by atoms with E-state index in [1.165, 1.54) is 12.3 Å². The topological polar surface area (TPSA) is 91.3 Å². The summed E-state index contributed by atoms with van der Waals surface area (Å²) in [6.45, 7) is 0.434. The Morgan fingerprint density at radius 1 is 1.14 bits per heavy atom. The van der Waals surface area contributed by atoms with Crippen LogP contribution in [0.15, 0.2) is 30.5 Å². The van der Waals surface area contributed by atoms with Gasteiger partial charge in [-0.3, -0.25) is 14.8 Å². The van der Waals surface area contributed by atoms with Gasteiger partial charge in [-0.1, -0.05) is 25.0 Å². The van der Waals surface area contributed by atoms with Crippen molar-refractivity contribution in [1.29, 1.82) is 0 Å². The molecule has 6 nitrogen and oxygen atoms in total. The molecule has 2 rings (SSSR count). The number of hydrogen-bond donors (Lipinski definition) is 3. The van der Waals surface area contributed by atoms with Crippen LogP contribution in [-0.2, 0) is 11.0 Å². The van der Waals surface area contributed by atoms with E-state index in [2.05, 4.69) is 10.3 Å². The first-order valence-corrected chi connectivity index (χ1v) is 9.47. The van der Waals surface area contributed by atoms with Gasteiger partial charge in [-0.25, -0.2) is 10.5 Å². The maximum atomic E-state index is 12.8. The van der Waals surface area contributed by atoms with E-state index in [1.807, 2.05) is 0 Å². The van der Waals surface area contributed by atoms with Gasteiger partial charge in [0, 0.05) is 19.2 Å². The molecule has 28 heavy (non-hydrogen) atoms. The van der Waals surface area contributed by atoms with E-state index in [0.29, 0.717) is 23.4 Å². The summed E-state index contributed by atoms with van der Waals surface area (Å²) >= 11 is 1.03. The Morgan fingerprint density at radius 2 is 1.89 bits per heavy atom. The standard InChI is InChI=1S/C18H20F3N3O3S/c19-18(20,21)13-7-5-6-12(10-13)14-11-23-17(28-14)16(26)22-9-4-2-1-3-8-15(25)24-27/h5-7,10-11,27H,1-4,8-9H2,(H,22,26)(H,24,25). The van der Waals surface area contributed by atoms with Crippen LogP contribution in [0.4, 0.5) is 13.2 Å². The van der Waals surface area contributed by atoms with E-state index in [-0.39, 0.29) is 17.3 Å². The molecule has 0 aliphatic heterocycles. The number of thiazole rings is 1. The molecule has 3 N–H and O–H groups in total. The van der Waals surface area contributed by atoms with Crippen LogP contribution in [0.3, 0.4) is 0 Å². The van der Waals surface area contributed by atoms with Gasteiger partial charge in [0.2, 0.25) is 5.91 Å². The molecule has 0 spiro atoms. The molecule has 2 amide bonds. The number of benzene rings is 1. The van der Waals surface area contributed by atoms with E-state index in [4.69, 9.17) is 5.21 Å². The first-order valence-electron chi connectivity index (χ1n) is 8.66. The van der Waals surface area contributed by atoms with Gasteiger partial charge < -0.3 is 5.32 Å². The van der Waals surface area contributed by atoms with Crippen LogP contribution in [0, 0.1) is 0 Å². The number of alkyl halides is 3. The number of amides is 2. The Morgan fingerprint density at radius 3 is 2.61 bits per heavy atom. The lowest BCUT2D eigenvalue weighted by molar-refractivity contribution is -0.137. The molecule has 1 heterocycles. The second-order valence-electron chi connectivity index (χ2n) is 6.06. The average molecular weight is 415 g/mol. The molecule has 152 valence electrons. The number of hydroxylamine groups is 1. The summed E-state index contributed by atoms with van der Waals surface area (Å²) in [5.74, 6) is -0.795. The summed E-state index contributed by atoms with van der Waals surface area (Å²) in [6, 6.07) is 4.89. The number of aromatic nitrogens is 1. The Kier molecular flexibility index (Phi) is 7.94. The highest BCUT2D eigenvalue weighted by Gasteiger charge is 2.30. The summed E-state index contributed by atoms with van der Waals surface area (Å²) in [6.07, 6.45) is 0.183. The van der Waals surface area contributed by atoms with Crippen molar-refractivity contribution in [2.45, 2.75) is 38.3 Å². The molecule has 10 heteroatoms. The summed E-state index contributed by atoms with van der Waals surface area (Å²) in [4.78, 5) is 27.4. The quantitative estimate of drug-likeness (QED) is 0.328. The van der Waals surface area contributed by atoms with Crippen molar-refractivity contribution in [2.24, 2.45) is 0 Å². The van der Waals surface area contributed by atoms with Gasteiger partial charge in [-0.05, 0) is 30.5 Å². The molecule has 0 atom stereocenters. The first-order chi connectivity index (χ1) is 13.3. The van der Waals surface area contributed by atoms with E-state index in [1.54, 1.807) is 11.5 Å². The van der Waals surface area contributed by atoms with Crippen LogP contribution in [0.5, 0.6) is 0 Å². The summed E-state index contributed by atoms with van der Waals surface area (Å²) < 4.78 is 38.5. The Bertz CT molecular complexity index is 809. The zero-order chi connectivity index (χ0) is 20.6. The van der Waals surface area contributed by atoms with Crippen molar-refractivity contribution in [3.8, 4) is 10.4 Å². The van der Waals surface area contributed by atoms with Crippen molar-refractivity contribution in [3.05, 3.63) is 41.0 Å². The fourth-order valence-corrected chi connectivity index (χ4v) is 3.29. The van der Waals surface area contributed by atoms with Crippen molar-refractivity contribution in [2.75, 3.05) is 6.54 Å². The second-order valence-corrected chi connectivity index (χ2v) is 7.09. The van der Waals surface area contributed by atoms with Crippen LogP contribution in [-0.4, -0.2) is 28.6 Å². The van der Waals surface area contributed by atoms with Gasteiger partial charge in [0.1, 0.15) is 0 Å². The number of hydrogen-bond acceptors (Lipinski definition) is 5. The number of rotatable bonds is 9. The zero-order valence-electron chi connectivity index (χ0n) is 14.9. The molecule has 0 bridgehead atoms. The molecule has 0 aliphatic rings. The Labute approximate surface area is 163 Å². The largest absolute Gasteiger partial charge is 0.416 e. The molecule has 1 aromatic heterocycles. The number of carbonyl (C=O) groups excluding carboxylic acids is 2. The molecule has 0 radical (unpaired) electrons. The molecule has 0 saturated carbocycles. The molecule has 0 fully saturated rings. The van der Waals surface area contributed by atoms with Crippen molar-refractivity contribution in [1.82, 2.24) is 15.8 Å². The normalized spacial score (nSPS) is 11.3. The van der Waals surface area contributed by atoms with Gasteiger partial charge in [0.15, 0.2) is 5.01 Å². The van der Waals surface area contributed by atoms with E-state index in [0.717, 1.165) is 42.7 Å². The van der Waals surface area contributed by atoms with Gasteiger partial charge >= 0.3 is 6.18 Å². The van der Waals surface area contributed by atoms with Gasteiger partial charge in [0.05, 0.1) is 10.4 Å². The third-order valence-corrected chi connectivity index (χ3v) is 4.96. The highest BCUT2D eigenvalue weighted by Crippen LogP contribution is 2.33. The van der Waals surface area contributed by atoms with Crippen LogP contribution in [0.25, 0.3) is 10.4 Å². The summed E-state index contributed by atoms with van der Waals surface area (Å²) in [5, 5.41) is 11.3. The van der Waals surface area contributed by atoms with E-state index >= 15 is 0 Å². The summed E-state index contributed by atoms with van der Waals surface area (Å²) in [7, 11) is 0. The summed E-state index contributed by atoms with van der Waals surface area (Å²) in [5.41, 5.74) is 1.18. The predicted molar refractivity (Wildman–Crippen MR) is 97.9 cm³/mol. The fraction of sp³-hybridized carbons (Fsp3) is 0.389.